The molecule has 0 saturated carbocycles. The quantitative estimate of drug-likeness (QED) is 0.615. The fourth-order valence-electron chi connectivity index (χ4n) is 2.07. The van der Waals surface area contributed by atoms with Crippen LogP contribution in [0.4, 0.5) is 5.82 Å². The highest BCUT2D eigenvalue weighted by Gasteiger charge is 2.17. The first-order valence-corrected chi connectivity index (χ1v) is 6.19. The average Bonchev–Trinajstić information content (AvgIpc) is 2.58. The van der Waals surface area contributed by atoms with Gasteiger partial charge in [0.15, 0.2) is 0 Å². The molecule has 1 aromatic heterocycles. The van der Waals surface area contributed by atoms with Crippen LogP contribution in [0.25, 0.3) is 0 Å². The molecule has 7 heteroatoms. The molecule has 0 aliphatic heterocycles. The van der Waals surface area contributed by atoms with Gasteiger partial charge < -0.3 is 20.7 Å². The van der Waals surface area contributed by atoms with Gasteiger partial charge in [0.2, 0.25) is 5.91 Å². The van der Waals surface area contributed by atoms with Crippen LogP contribution in [0.1, 0.15) is 11.3 Å². The van der Waals surface area contributed by atoms with Crippen LogP contribution in [0, 0.1) is 6.92 Å². The summed E-state index contributed by atoms with van der Waals surface area (Å²) in [5, 5.41) is 7.67. The third-order valence-electron chi connectivity index (χ3n) is 2.85. The zero-order chi connectivity index (χ0) is 14.4. The predicted octanol–water partition coefficient (Wildman–Crippen LogP) is -0.614. The number of anilines is 1. The summed E-state index contributed by atoms with van der Waals surface area (Å²) in [5.41, 5.74) is 7.25. The van der Waals surface area contributed by atoms with E-state index in [0.717, 1.165) is 23.6 Å². The van der Waals surface area contributed by atoms with Crippen LogP contribution >= 0.6 is 0 Å². The molecule has 3 N–H and O–H groups in total. The summed E-state index contributed by atoms with van der Waals surface area (Å²) < 4.78 is 6.76. The molecule has 7 nitrogen and oxygen atoms in total. The molecule has 0 aromatic carbocycles. The first kappa shape index (κ1) is 15.5. The number of hydrogen-bond donors (Lipinski definition) is 2. The Hall–Kier alpha value is -1.60. The number of primary amides is 1. The van der Waals surface area contributed by atoms with E-state index in [1.165, 1.54) is 0 Å². The number of amides is 1. The number of hydrogen-bond acceptors (Lipinski definition) is 5. The number of nitrogens with zero attached hydrogens (tertiary/aromatic N) is 3. The zero-order valence-electron chi connectivity index (χ0n) is 12.1. The Labute approximate surface area is 113 Å². The molecule has 1 aromatic rings. The first-order chi connectivity index (χ1) is 8.97. The molecule has 1 amide bonds. The number of likely N-dealkylation sites (N-methyl/N-ethyl adjacent to an activating group) is 1. The number of carbonyl (C=O) groups is 1. The van der Waals surface area contributed by atoms with Crippen LogP contribution in [0.3, 0.4) is 0 Å². The Morgan fingerprint density at radius 1 is 1.58 bits per heavy atom. The molecule has 0 radical (unpaired) electrons. The van der Waals surface area contributed by atoms with E-state index in [1.54, 1.807) is 11.8 Å². The smallest absolute Gasteiger partial charge is 0.236 e. The number of nitrogens with one attached hydrogen (secondary N) is 1. The third kappa shape index (κ3) is 4.22. The number of nitrogens with two attached hydrogens (primary N) is 1. The van der Waals surface area contributed by atoms with Crippen molar-refractivity contribution in [3.8, 4) is 0 Å². The SMILES string of the molecule is COCCNCc1c(C)nn(C)c1N(C)CC(N)=O. The van der Waals surface area contributed by atoms with E-state index in [1.807, 2.05) is 25.9 Å². The van der Waals surface area contributed by atoms with Crippen LogP contribution in [-0.4, -0.2) is 49.5 Å². The standard InChI is InChI=1S/C12H23N5O2/c1-9-10(7-14-5-6-19-4)12(17(3)15-9)16(2)8-11(13)18/h14H,5-8H2,1-4H3,(H2,13,18). The number of ether oxygens (including phenoxy) is 1. The van der Waals surface area contributed by atoms with Gasteiger partial charge in [-0.3, -0.25) is 9.48 Å². The van der Waals surface area contributed by atoms with Crippen molar-refractivity contribution >= 4 is 11.7 Å². The molecule has 0 unspecified atom stereocenters. The molecular formula is C12H23N5O2. The van der Waals surface area contributed by atoms with E-state index < -0.39 is 0 Å². The second-order valence-electron chi connectivity index (χ2n) is 4.50. The lowest BCUT2D eigenvalue weighted by atomic mass is 10.2. The van der Waals surface area contributed by atoms with Crippen molar-refractivity contribution in [1.82, 2.24) is 15.1 Å². The summed E-state index contributed by atoms with van der Waals surface area (Å²) in [5.74, 6) is 0.542. The summed E-state index contributed by atoms with van der Waals surface area (Å²) in [7, 11) is 5.36. The maximum absolute atomic E-state index is 11.0. The molecular weight excluding hydrogens is 246 g/mol. The molecule has 1 heterocycles. The van der Waals surface area contributed by atoms with Crippen molar-refractivity contribution in [3.05, 3.63) is 11.3 Å². The second kappa shape index (κ2) is 7.10. The van der Waals surface area contributed by atoms with E-state index in [0.29, 0.717) is 13.2 Å². The summed E-state index contributed by atoms with van der Waals surface area (Å²) in [6.07, 6.45) is 0. The van der Waals surface area contributed by atoms with E-state index in [-0.39, 0.29) is 12.5 Å². The topological polar surface area (TPSA) is 85.4 Å². The van der Waals surface area contributed by atoms with Gasteiger partial charge in [0.1, 0.15) is 5.82 Å². The number of methoxy groups -OCH3 is 1. The van der Waals surface area contributed by atoms with Crippen LogP contribution in [0.15, 0.2) is 0 Å². The van der Waals surface area contributed by atoms with Gasteiger partial charge in [-0.15, -0.1) is 0 Å². The van der Waals surface area contributed by atoms with Gasteiger partial charge in [0.05, 0.1) is 18.8 Å². The van der Waals surface area contributed by atoms with Crippen LogP contribution in [0.2, 0.25) is 0 Å². The highest BCUT2D eigenvalue weighted by molar-refractivity contribution is 5.79. The minimum absolute atomic E-state index is 0.171. The fourth-order valence-corrected chi connectivity index (χ4v) is 2.07. The number of rotatable bonds is 8. The molecule has 19 heavy (non-hydrogen) atoms. The third-order valence-corrected chi connectivity index (χ3v) is 2.85. The monoisotopic (exact) mass is 269 g/mol. The summed E-state index contributed by atoms with van der Waals surface area (Å²) >= 11 is 0. The maximum atomic E-state index is 11.0. The largest absolute Gasteiger partial charge is 0.383 e. The molecule has 0 saturated heterocycles. The summed E-state index contributed by atoms with van der Waals surface area (Å²) in [6, 6.07) is 0. The van der Waals surface area contributed by atoms with E-state index in [4.69, 9.17) is 10.5 Å². The lowest BCUT2D eigenvalue weighted by Crippen LogP contribution is -2.32. The van der Waals surface area contributed by atoms with Gasteiger partial charge in [0, 0.05) is 39.9 Å². The molecule has 108 valence electrons. The fraction of sp³-hybridized carbons (Fsp3) is 0.667. The summed E-state index contributed by atoms with van der Waals surface area (Å²) in [6.45, 7) is 4.23. The maximum Gasteiger partial charge on any atom is 0.236 e. The number of carbonyl (C=O) groups excluding carboxylic acids is 1. The second-order valence-corrected chi connectivity index (χ2v) is 4.50. The van der Waals surface area contributed by atoms with Gasteiger partial charge in [-0.05, 0) is 6.92 Å². The Bertz CT molecular complexity index is 430. The lowest BCUT2D eigenvalue weighted by Gasteiger charge is -2.19. The van der Waals surface area contributed by atoms with Crippen molar-refractivity contribution in [2.45, 2.75) is 13.5 Å². The van der Waals surface area contributed by atoms with Crippen molar-refractivity contribution in [1.29, 1.82) is 0 Å². The molecule has 0 fully saturated rings. The Morgan fingerprint density at radius 3 is 2.84 bits per heavy atom. The van der Waals surface area contributed by atoms with E-state index >= 15 is 0 Å². The van der Waals surface area contributed by atoms with Crippen LogP contribution in [-0.2, 0) is 23.1 Å². The highest BCUT2D eigenvalue weighted by atomic mass is 16.5. The lowest BCUT2D eigenvalue weighted by molar-refractivity contribution is -0.116. The van der Waals surface area contributed by atoms with Crippen LogP contribution in [0.5, 0.6) is 0 Å². The predicted molar refractivity (Wildman–Crippen MR) is 74.0 cm³/mol. The molecule has 1 rings (SSSR count). The molecule has 0 aliphatic rings. The highest BCUT2D eigenvalue weighted by Crippen LogP contribution is 2.21. The van der Waals surface area contributed by atoms with Crippen molar-refractivity contribution in [2.24, 2.45) is 12.8 Å². The Balaban J connectivity index is 2.81. The average molecular weight is 269 g/mol. The molecule has 0 bridgehead atoms. The van der Waals surface area contributed by atoms with Crippen LogP contribution < -0.4 is 16.0 Å². The zero-order valence-corrected chi connectivity index (χ0v) is 12.1. The molecule has 0 spiro atoms. The van der Waals surface area contributed by atoms with Gasteiger partial charge >= 0.3 is 0 Å². The number of aryl methyl sites for hydroxylation is 2. The Morgan fingerprint density at radius 2 is 2.26 bits per heavy atom. The first-order valence-electron chi connectivity index (χ1n) is 6.19. The van der Waals surface area contributed by atoms with Gasteiger partial charge in [-0.25, -0.2) is 0 Å². The van der Waals surface area contributed by atoms with Gasteiger partial charge in [-0.1, -0.05) is 0 Å². The van der Waals surface area contributed by atoms with Crippen molar-refractivity contribution < 1.29 is 9.53 Å². The normalized spacial score (nSPS) is 10.7. The van der Waals surface area contributed by atoms with E-state index in [9.17, 15) is 4.79 Å². The van der Waals surface area contributed by atoms with Crippen molar-refractivity contribution in [3.63, 3.8) is 0 Å². The molecule has 0 atom stereocenters. The Kier molecular flexibility index (Phi) is 5.78. The van der Waals surface area contributed by atoms with E-state index in [2.05, 4.69) is 10.4 Å². The summed E-state index contributed by atoms with van der Waals surface area (Å²) in [4.78, 5) is 12.8. The number of aromatic nitrogens is 2. The molecule has 0 aliphatic carbocycles. The van der Waals surface area contributed by atoms with Gasteiger partial charge in [0.25, 0.3) is 0 Å². The minimum atomic E-state index is -0.361. The van der Waals surface area contributed by atoms with Crippen molar-refractivity contribution in [2.75, 3.05) is 38.8 Å². The minimum Gasteiger partial charge on any atom is -0.383 e. The van der Waals surface area contributed by atoms with Gasteiger partial charge in [-0.2, -0.15) is 5.10 Å².